The predicted molar refractivity (Wildman–Crippen MR) is 96.8 cm³/mol. The van der Waals surface area contributed by atoms with Crippen LogP contribution in [-0.4, -0.2) is 0 Å². The SMILES string of the molecule is CCCCCCCc1ccc(-c2ccc(C#CC#N)cc2)cc1. The summed E-state index contributed by atoms with van der Waals surface area (Å²) in [6.45, 7) is 2.25. The number of unbranched alkanes of at least 4 members (excludes halogenated alkanes) is 4. The highest BCUT2D eigenvalue weighted by atomic mass is 14.2. The molecule has 2 rings (SSSR count). The maximum atomic E-state index is 8.47. The molecule has 1 nitrogen and oxygen atoms in total. The molecule has 2 aromatic carbocycles. The second kappa shape index (κ2) is 9.50. The lowest BCUT2D eigenvalue weighted by Crippen LogP contribution is -1.87. The van der Waals surface area contributed by atoms with Gasteiger partial charge >= 0.3 is 0 Å². The van der Waals surface area contributed by atoms with E-state index in [1.165, 1.54) is 55.2 Å². The molecule has 0 atom stereocenters. The van der Waals surface area contributed by atoms with Gasteiger partial charge in [0.25, 0.3) is 0 Å². The molecular formula is C22H23N. The van der Waals surface area contributed by atoms with Gasteiger partial charge in [0.2, 0.25) is 0 Å². The molecule has 0 spiro atoms. The number of hydrogen-bond donors (Lipinski definition) is 0. The van der Waals surface area contributed by atoms with Gasteiger partial charge in [0.1, 0.15) is 0 Å². The number of hydrogen-bond acceptors (Lipinski definition) is 1. The second-order valence-electron chi connectivity index (χ2n) is 5.80. The Morgan fingerprint density at radius 3 is 2.00 bits per heavy atom. The smallest absolute Gasteiger partial charge is 0.152 e. The number of benzene rings is 2. The Hall–Kier alpha value is -2.51. The van der Waals surface area contributed by atoms with Crippen molar-refractivity contribution in [3.8, 4) is 29.0 Å². The first-order chi connectivity index (χ1) is 11.3. The van der Waals surface area contributed by atoms with Gasteiger partial charge in [-0.3, -0.25) is 0 Å². The molecule has 0 fully saturated rings. The van der Waals surface area contributed by atoms with Crippen LogP contribution in [0, 0.1) is 23.2 Å². The third-order valence-corrected chi connectivity index (χ3v) is 4.00. The summed E-state index contributed by atoms with van der Waals surface area (Å²) in [5, 5.41) is 8.47. The van der Waals surface area contributed by atoms with Crippen LogP contribution < -0.4 is 0 Å². The zero-order valence-corrected chi connectivity index (χ0v) is 13.8. The van der Waals surface area contributed by atoms with Gasteiger partial charge in [-0.25, -0.2) is 0 Å². The first-order valence-electron chi connectivity index (χ1n) is 8.43. The Balaban J connectivity index is 1.92. The van der Waals surface area contributed by atoms with Crippen LogP contribution >= 0.6 is 0 Å². The molecule has 0 amide bonds. The first kappa shape index (κ1) is 16.9. The van der Waals surface area contributed by atoms with Crippen LogP contribution in [0.1, 0.15) is 50.2 Å². The molecule has 0 saturated heterocycles. The van der Waals surface area contributed by atoms with Gasteiger partial charge < -0.3 is 0 Å². The van der Waals surface area contributed by atoms with Crippen LogP contribution in [0.5, 0.6) is 0 Å². The minimum atomic E-state index is 0.874. The first-order valence-corrected chi connectivity index (χ1v) is 8.43. The van der Waals surface area contributed by atoms with Crippen molar-refractivity contribution >= 4 is 0 Å². The summed E-state index contributed by atoms with van der Waals surface area (Å²) in [7, 11) is 0. The fourth-order valence-electron chi connectivity index (χ4n) is 2.64. The lowest BCUT2D eigenvalue weighted by Gasteiger charge is -2.05. The molecule has 0 aliphatic rings. The van der Waals surface area contributed by atoms with Crippen LogP contribution in [0.2, 0.25) is 0 Å². The number of aryl methyl sites for hydroxylation is 1. The second-order valence-corrected chi connectivity index (χ2v) is 5.80. The van der Waals surface area contributed by atoms with Crippen molar-refractivity contribution in [1.82, 2.24) is 0 Å². The van der Waals surface area contributed by atoms with Gasteiger partial charge in [-0.1, -0.05) is 74.9 Å². The third kappa shape index (κ3) is 5.65. The molecule has 0 aromatic heterocycles. The highest BCUT2D eigenvalue weighted by molar-refractivity contribution is 5.64. The molecular weight excluding hydrogens is 278 g/mol. The standard InChI is InChI=1S/C22H23N/c1-2-3-4-5-6-8-19-10-14-21(15-11-19)22-16-12-20(13-17-22)9-7-18-23/h10-17H,2-6,8H2,1H3. The number of rotatable bonds is 7. The lowest BCUT2D eigenvalue weighted by molar-refractivity contribution is 0.632. The van der Waals surface area contributed by atoms with E-state index >= 15 is 0 Å². The zero-order chi connectivity index (χ0) is 16.3. The molecule has 0 bridgehead atoms. The Bertz CT molecular complexity index is 691. The van der Waals surface area contributed by atoms with Crippen molar-refractivity contribution in [3.05, 3.63) is 59.7 Å². The molecule has 0 saturated carbocycles. The van der Waals surface area contributed by atoms with E-state index in [9.17, 15) is 0 Å². The molecule has 0 aliphatic carbocycles. The van der Waals surface area contributed by atoms with Crippen molar-refractivity contribution in [2.24, 2.45) is 0 Å². The molecule has 0 heterocycles. The van der Waals surface area contributed by atoms with Gasteiger partial charge in [-0.15, -0.1) is 0 Å². The summed E-state index contributed by atoms with van der Waals surface area (Å²) in [5.41, 5.74) is 4.70. The van der Waals surface area contributed by atoms with E-state index in [1.54, 1.807) is 0 Å². The van der Waals surface area contributed by atoms with Crippen LogP contribution in [0.15, 0.2) is 48.5 Å². The van der Waals surface area contributed by atoms with Crippen molar-refractivity contribution in [3.63, 3.8) is 0 Å². The van der Waals surface area contributed by atoms with Crippen molar-refractivity contribution in [1.29, 1.82) is 5.26 Å². The van der Waals surface area contributed by atoms with Crippen LogP contribution in [0.25, 0.3) is 11.1 Å². The average molecular weight is 301 g/mol. The van der Waals surface area contributed by atoms with Gasteiger partial charge in [-0.2, -0.15) is 5.26 Å². The van der Waals surface area contributed by atoms with E-state index in [0.717, 1.165) is 5.56 Å². The summed E-state index contributed by atoms with van der Waals surface area (Å²) in [6.07, 6.45) is 7.80. The van der Waals surface area contributed by atoms with Gasteiger partial charge in [0.05, 0.1) is 0 Å². The zero-order valence-electron chi connectivity index (χ0n) is 13.8. The summed E-state index contributed by atoms with van der Waals surface area (Å²) in [4.78, 5) is 0. The Labute approximate surface area is 140 Å². The number of nitrogens with zero attached hydrogens (tertiary/aromatic N) is 1. The highest BCUT2D eigenvalue weighted by Gasteiger charge is 1.99. The number of nitriles is 1. The monoisotopic (exact) mass is 301 g/mol. The summed E-state index contributed by atoms with van der Waals surface area (Å²) >= 11 is 0. The Morgan fingerprint density at radius 2 is 1.39 bits per heavy atom. The quantitative estimate of drug-likeness (QED) is 0.472. The summed E-state index contributed by atoms with van der Waals surface area (Å²) < 4.78 is 0. The van der Waals surface area contributed by atoms with Crippen LogP contribution in [0.4, 0.5) is 0 Å². The summed E-state index contributed by atoms with van der Waals surface area (Å²) in [5.74, 6) is 5.23. The Kier molecular flexibility index (Phi) is 6.96. The van der Waals surface area contributed by atoms with E-state index < -0.39 is 0 Å². The molecule has 0 unspecified atom stereocenters. The molecule has 116 valence electrons. The van der Waals surface area contributed by atoms with E-state index in [4.69, 9.17) is 5.26 Å². The van der Waals surface area contributed by atoms with Crippen molar-refractivity contribution < 1.29 is 0 Å². The van der Waals surface area contributed by atoms with E-state index in [0.29, 0.717) is 0 Å². The van der Waals surface area contributed by atoms with Crippen molar-refractivity contribution in [2.75, 3.05) is 0 Å². The normalized spacial score (nSPS) is 9.74. The maximum absolute atomic E-state index is 8.47. The van der Waals surface area contributed by atoms with Crippen LogP contribution in [0.3, 0.4) is 0 Å². The molecule has 0 aliphatic heterocycles. The van der Waals surface area contributed by atoms with Gasteiger partial charge in [0, 0.05) is 11.5 Å². The minimum Gasteiger partial charge on any atom is -0.183 e. The molecule has 1 heteroatoms. The largest absolute Gasteiger partial charge is 0.183 e. The third-order valence-electron chi connectivity index (χ3n) is 4.00. The summed E-state index contributed by atoms with van der Waals surface area (Å²) in [6, 6.07) is 18.7. The van der Waals surface area contributed by atoms with Gasteiger partial charge in [-0.05, 0) is 41.7 Å². The van der Waals surface area contributed by atoms with Crippen molar-refractivity contribution in [2.45, 2.75) is 45.4 Å². The average Bonchev–Trinajstić information content (AvgIpc) is 2.61. The van der Waals surface area contributed by atoms with Crippen LogP contribution in [-0.2, 0) is 6.42 Å². The molecule has 0 radical (unpaired) electrons. The fraction of sp³-hybridized carbons (Fsp3) is 0.318. The topological polar surface area (TPSA) is 23.8 Å². The Morgan fingerprint density at radius 1 is 0.783 bits per heavy atom. The molecule has 23 heavy (non-hydrogen) atoms. The molecule has 0 N–H and O–H groups in total. The van der Waals surface area contributed by atoms with Gasteiger partial charge in [0.15, 0.2) is 6.07 Å². The molecule has 2 aromatic rings. The lowest BCUT2D eigenvalue weighted by atomic mass is 10.00. The van der Waals surface area contributed by atoms with E-state index in [2.05, 4.69) is 55.2 Å². The van der Waals surface area contributed by atoms with E-state index in [-0.39, 0.29) is 0 Å². The highest BCUT2D eigenvalue weighted by Crippen LogP contribution is 2.21. The predicted octanol–water partition coefficient (Wildman–Crippen LogP) is 5.74. The fourth-order valence-corrected chi connectivity index (χ4v) is 2.64. The minimum absolute atomic E-state index is 0.874. The van der Waals surface area contributed by atoms with E-state index in [1.807, 2.05) is 18.2 Å². The maximum Gasteiger partial charge on any atom is 0.152 e.